The molecular formula is C31H30FNO3. The maximum Gasteiger partial charge on any atom is 0.349 e. The molecule has 5 heteroatoms. The standard InChI is InChI=1S/C31H30FNO3/c1-20(26-11-6-8-22-7-2-3-9-27(22)26)33-24-16-13-23(19-24)21-14-17-25(18-15-21)36-30(31(34)35)28-10-4-5-12-29(28)32/h2-12,14-15,17-18,20,23-24,30,33H,13,16,19H2,1H3,(H,34,35)/t20-,23-,24+,30?/m1/s1. The van der Waals surface area contributed by atoms with Crippen LogP contribution >= 0.6 is 0 Å². The summed E-state index contributed by atoms with van der Waals surface area (Å²) >= 11 is 0. The van der Waals surface area contributed by atoms with Crippen molar-refractivity contribution in [2.45, 2.75) is 50.3 Å². The summed E-state index contributed by atoms with van der Waals surface area (Å²) < 4.78 is 19.8. The highest BCUT2D eigenvalue weighted by atomic mass is 19.1. The molecular weight excluding hydrogens is 453 g/mol. The molecule has 0 bridgehead atoms. The van der Waals surface area contributed by atoms with Crippen LogP contribution in [-0.4, -0.2) is 17.1 Å². The van der Waals surface area contributed by atoms with Gasteiger partial charge in [-0.3, -0.25) is 0 Å². The van der Waals surface area contributed by atoms with Gasteiger partial charge in [0.15, 0.2) is 0 Å². The largest absolute Gasteiger partial charge is 0.478 e. The number of carboxylic acid groups (broad SMARTS) is 1. The number of hydrogen-bond donors (Lipinski definition) is 2. The van der Waals surface area contributed by atoms with Crippen LogP contribution in [-0.2, 0) is 4.79 Å². The fraction of sp³-hybridized carbons (Fsp3) is 0.258. The molecule has 5 rings (SSSR count). The SMILES string of the molecule is C[C@@H](N[C@H]1CC[C@@H](c2ccc(OC(C(=O)O)c3ccccc3F)cc2)C1)c1cccc2ccccc12. The van der Waals surface area contributed by atoms with Crippen molar-refractivity contribution in [2.24, 2.45) is 0 Å². The average molecular weight is 484 g/mol. The van der Waals surface area contributed by atoms with Crippen LogP contribution in [0.2, 0.25) is 0 Å². The van der Waals surface area contributed by atoms with Crippen LogP contribution in [0.25, 0.3) is 10.8 Å². The Kier molecular flexibility index (Phi) is 7.01. The minimum absolute atomic E-state index is 0.0131. The van der Waals surface area contributed by atoms with Gasteiger partial charge in [0.2, 0.25) is 6.10 Å². The Morgan fingerprint density at radius 3 is 2.39 bits per heavy atom. The van der Waals surface area contributed by atoms with Crippen molar-refractivity contribution in [3.63, 3.8) is 0 Å². The van der Waals surface area contributed by atoms with E-state index in [2.05, 4.69) is 54.7 Å². The van der Waals surface area contributed by atoms with Crippen LogP contribution in [0.15, 0.2) is 91.0 Å². The second kappa shape index (κ2) is 10.5. The number of nitrogens with one attached hydrogen (secondary N) is 1. The minimum Gasteiger partial charge on any atom is -0.478 e. The molecule has 1 unspecified atom stereocenters. The summed E-state index contributed by atoms with van der Waals surface area (Å²) in [4.78, 5) is 11.7. The first kappa shape index (κ1) is 24.0. The maximum absolute atomic E-state index is 14.1. The fourth-order valence-corrected chi connectivity index (χ4v) is 5.40. The lowest BCUT2D eigenvalue weighted by Crippen LogP contribution is -2.29. The summed E-state index contributed by atoms with van der Waals surface area (Å²) in [5.41, 5.74) is 2.54. The molecule has 1 saturated carbocycles. The summed E-state index contributed by atoms with van der Waals surface area (Å²) in [6, 6.07) is 29.0. The van der Waals surface area contributed by atoms with Gasteiger partial charge in [-0.05, 0) is 72.2 Å². The van der Waals surface area contributed by atoms with Gasteiger partial charge in [-0.1, -0.05) is 72.8 Å². The van der Waals surface area contributed by atoms with Crippen LogP contribution in [0.3, 0.4) is 0 Å². The maximum atomic E-state index is 14.1. The molecule has 0 heterocycles. The Bertz CT molecular complexity index is 1350. The van der Waals surface area contributed by atoms with E-state index in [1.165, 1.54) is 40.1 Å². The predicted molar refractivity (Wildman–Crippen MR) is 140 cm³/mol. The number of carbonyl (C=O) groups is 1. The second-order valence-electron chi connectivity index (χ2n) is 9.59. The molecule has 2 N–H and O–H groups in total. The molecule has 0 aromatic heterocycles. The number of rotatable bonds is 8. The molecule has 1 aliphatic rings. The smallest absolute Gasteiger partial charge is 0.349 e. The lowest BCUT2D eigenvalue weighted by atomic mass is 9.96. The van der Waals surface area contributed by atoms with Crippen LogP contribution in [0, 0.1) is 5.82 Å². The summed E-state index contributed by atoms with van der Waals surface area (Å²) in [5, 5.41) is 16.0. The van der Waals surface area contributed by atoms with Gasteiger partial charge in [0.1, 0.15) is 11.6 Å². The number of ether oxygens (including phenoxy) is 1. The summed E-state index contributed by atoms with van der Waals surface area (Å²) in [5.74, 6) is -0.984. The average Bonchev–Trinajstić information content (AvgIpc) is 3.36. The van der Waals surface area contributed by atoms with Crippen molar-refractivity contribution >= 4 is 16.7 Å². The van der Waals surface area contributed by atoms with Gasteiger partial charge in [0, 0.05) is 17.6 Å². The third-order valence-corrected chi connectivity index (χ3v) is 7.23. The van der Waals surface area contributed by atoms with Crippen LogP contribution in [0.5, 0.6) is 5.75 Å². The zero-order valence-electron chi connectivity index (χ0n) is 20.2. The van der Waals surface area contributed by atoms with E-state index in [1.54, 1.807) is 18.2 Å². The minimum atomic E-state index is -1.40. The first-order valence-electron chi connectivity index (χ1n) is 12.5. The number of hydrogen-bond acceptors (Lipinski definition) is 3. The molecule has 1 aliphatic carbocycles. The highest BCUT2D eigenvalue weighted by Crippen LogP contribution is 2.37. The summed E-state index contributed by atoms with van der Waals surface area (Å²) in [6.45, 7) is 2.23. The van der Waals surface area contributed by atoms with Gasteiger partial charge in [-0.2, -0.15) is 0 Å². The van der Waals surface area contributed by atoms with E-state index in [0.717, 1.165) is 19.3 Å². The molecule has 0 spiro atoms. The normalized spacial score (nSPS) is 19.2. The Hall–Kier alpha value is -3.70. The van der Waals surface area contributed by atoms with Gasteiger partial charge >= 0.3 is 5.97 Å². The van der Waals surface area contributed by atoms with E-state index < -0.39 is 17.9 Å². The Morgan fingerprint density at radius 1 is 0.917 bits per heavy atom. The van der Waals surface area contributed by atoms with E-state index in [-0.39, 0.29) is 11.6 Å². The molecule has 0 amide bonds. The lowest BCUT2D eigenvalue weighted by molar-refractivity contribution is -0.145. The van der Waals surface area contributed by atoms with E-state index in [4.69, 9.17) is 4.74 Å². The van der Waals surface area contributed by atoms with Gasteiger partial charge in [0.05, 0.1) is 0 Å². The zero-order valence-corrected chi connectivity index (χ0v) is 20.2. The number of benzene rings is 4. The Labute approximate surface area is 210 Å². The predicted octanol–water partition coefficient (Wildman–Crippen LogP) is 7.17. The Balaban J connectivity index is 1.22. The highest BCUT2D eigenvalue weighted by molar-refractivity contribution is 5.86. The molecule has 184 valence electrons. The van der Waals surface area contributed by atoms with Gasteiger partial charge in [-0.25, -0.2) is 9.18 Å². The van der Waals surface area contributed by atoms with Crippen LogP contribution in [0.4, 0.5) is 4.39 Å². The van der Waals surface area contributed by atoms with Crippen molar-refractivity contribution in [1.29, 1.82) is 0 Å². The van der Waals surface area contributed by atoms with E-state index >= 15 is 0 Å². The molecule has 4 aromatic carbocycles. The first-order chi connectivity index (χ1) is 17.5. The molecule has 0 aliphatic heterocycles. The third-order valence-electron chi connectivity index (χ3n) is 7.23. The number of fused-ring (bicyclic) bond motifs is 1. The topological polar surface area (TPSA) is 58.6 Å². The molecule has 0 saturated heterocycles. The Morgan fingerprint density at radius 2 is 1.61 bits per heavy atom. The highest BCUT2D eigenvalue weighted by Gasteiger charge is 2.28. The quantitative estimate of drug-likeness (QED) is 0.279. The van der Waals surface area contributed by atoms with E-state index in [1.807, 2.05) is 12.1 Å². The zero-order chi connectivity index (χ0) is 25.1. The van der Waals surface area contributed by atoms with Crippen molar-refractivity contribution in [3.8, 4) is 5.75 Å². The molecule has 36 heavy (non-hydrogen) atoms. The van der Waals surface area contributed by atoms with Gasteiger partial charge in [-0.15, -0.1) is 0 Å². The van der Waals surface area contributed by atoms with E-state index in [9.17, 15) is 14.3 Å². The van der Waals surface area contributed by atoms with Gasteiger partial charge in [0.25, 0.3) is 0 Å². The number of carboxylic acids is 1. The van der Waals surface area contributed by atoms with Crippen molar-refractivity contribution in [2.75, 3.05) is 0 Å². The number of aliphatic carboxylic acids is 1. The van der Waals surface area contributed by atoms with E-state index in [0.29, 0.717) is 17.7 Å². The van der Waals surface area contributed by atoms with Crippen molar-refractivity contribution in [1.82, 2.24) is 5.32 Å². The lowest BCUT2D eigenvalue weighted by Gasteiger charge is -2.22. The molecule has 0 radical (unpaired) electrons. The number of halogens is 1. The van der Waals surface area contributed by atoms with Crippen molar-refractivity contribution in [3.05, 3.63) is 114 Å². The third kappa shape index (κ3) is 5.12. The molecule has 4 atom stereocenters. The molecule has 1 fully saturated rings. The fourth-order valence-electron chi connectivity index (χ4n) is 5.40. The summed E-state index contributed by atoms with van der Waals surface area (Å²) in [7, 11) is 0. The molecule has 4 aromatic rings. The summed E-state index contributed by atoms with van der Waals surface area (Å²) in [6.07, 6.45) is 1.84. The van der Waals surface area contributed by atoms with Gasteiger partial charge < -0.3 is 15.2 Å². The van der Waals surface area contributed by atoms with Crippen molar-refractivity contribution < 1.29 is 19.0 Å². The van der Waals surface area contributed by atoms with Crippen LogP contribution in [0.1, 0.15) is 60.9 Å². The second-order valence-corrected chi connectivity index (χ2v) is 9.59. The van der Waals surface area contributed by atoms with Crippen LogP contribution < -0.4 is 10.1 Å². The first-order valence-corrected chi connectivity index (χ1v) is 12.5. The monoisotopic (exact) mass is 483 g/mol. The molecule has 4 nitrogen and oxygen atoms in total.